The predicted molar refractivity (Wildman–Crippen MR) is 260 cm³/mol. The first-order valence-electron chi connectivity index (χ1n) is 25.8. The zero-order chi connectivity index (χ0) is 46.3. The van der Waals surface area contributed by atoms with Crippen LogP contribution in [-0.4, -0.2) is 54.9 Å². The van der Waals surface area contributed by atoms with Gasteiger partial charge in [0.15, 0.2) is 6.29 Å². The zero-order valence-electron chi connectivity index (χ0n) is 40.7. The first kappa shape index (κ1) is 48.4. The van der Waals surface area contributed by atoms with Gasteiger partial charge in [-0.3, -0.25) is 19.3 Å². The van der Waals surface area contributed by atoms with E-state index in [1.165, 1.54) is 67.7 Å². The number of nitrogens with zero attached hydrogens (tertiary/aromatic N) is 1. The van der Waals surface area contributed by atoms with Crippen LogP contribution < -0.4 is 5.48 Å². The average molecular weight is 903 g/mol. The third-order valence-electron chi connectivity index (χ3n) is 17.0. The van der Waals surface area contributed by atoms with E-state index in [-0.39, 0.29) is 42.8 Å². The molecule has 0 radical (unpaired) electrons. The lowest BCUT2D eigenvalue weighted by Gasteiger charge is -2.58. The van der Waals surface area contributed by atoms with Crippen molar-refractivity contribution < 1.29 is 33.4 Å². The molecule has 4 fully saturated rings. The normalized spacial score (nSPS) is 28.8. The van der Waals surface area contributed by atoms with Crippen molar-refractivity contribution in [1.29, 1.82) is 0 Å². The van der Waals surface area contributed by atoms with Crippen LogP contribution in [0.5, 0.6) is 0 Å². The topological polar surface area (TPSA) is 103 Å². The molecule has 0 spiro atoms. The van der Waals surface area contributed by atoms with Gasteiger partial charge in [-0.1, -0.05) is 114 Å². The molecule has 1 aliphatic heterocycles. The molecule has 1 saturated heterocycles. The number of esters is 2. The van der Waals surface area contributed by atoms with Crippen molar-refractivity contribution >= 4 is 28.6 Å². The van der Waals surface area contributed by atoms with Gasteiger partial charge < -0.3 is 14.2 Å². The Morgan fingerprint density at radius 1 is 0.818 bits per heavy atom. The summed E-state index contributed by atoms with van der Waals surface area (Å²) in [6, 6.07) is 22.2. The highest BCUT2D eigenvalue weighted by Crippen LogP contribution is 2.67. The van der Waals surface area contributed by atoms with Crippen LogP contribution in [0.2, 0.25) is 0 Å². The number of hydrogen-bond donors (Lipinski definition) is 1. The predicted octanol–water partition coefficient (Wildman–Crippen LogP) is 12.3. The van der Waals surface area contributed by atoms with Crippen LogP contribution >= 0.6 is 0 Å². The van der Waals surface area contributed by atoms with Crippen molar-refractivity contribution in [2.45, 2.75) is 163 Å². The van der Waals surface area contributed by atoms with E-state index in [4.69, 9.17) is 19.0 Å². The van der Waals surface area contributed by atoms with Gasteiger partial charge in [0.1, 0.15) is 12.7 Å². The molecular weight excluding hydrogens is 825 g/mol. The summed E-state index contributed by atoms with van der Waals surface area (Å²) in [6.45, 7) is 15.0. The molecule has 0 aromatic heterocycles. The lowest BCUT2D eigenvalue weighted by atomic mass is 9.47. The summed E-state index contributed by atoms with van der Waals surface area (Å²) in [5.74, 6) is 3.77. The van der Waals surface area contributed by atoms with Gasteiger partial charge in [0.05, 0.1) is 12.8 Å². The molecule has 1 heterocycles. The van der Waals surface area contributed by atoms with Crippen LogP contribution in [0.3, 0.4) is 0 Å². The molecule has 9 heteroatoms. The molecule has 9 atom stereocenters. The molecule has 1 N–H and O–H groups in total. The Hall–Kier alpha value is -4.05. The van der Waals surface area contributed by atoms with Gasteiger partial charge in [-0.05, 0) is 144 Å². The second-order valence-corrected chi connectivity index (χ2v) is 21.8. The van der Waals surface area contributed by atoms with E-state index in [9.17, 15) is 14.4 Å². The van der Waals surface area contributed by atoms with Crippen LogP contribution in [0.15, 0.2) is 78.4 Å². The molecule has 0 bridgehead atoms. The van der Waals surface area contributed by atoms with Gasteiger partial charge >= 0.3 is 11.9 Å². The molecule has 3 aromatic rings. The number of hydrogen-bond acceptors (Lipinski definition) is 8. The highest BCUT2D eigenvalue weighted by Gasteiger charge is 2.59. The minimum atomic E-state index is -0.415. The molecule has 3 aromatic carbocycles. The SMILES string of the molecule is CC(C)CCC[C@@H](C)[C@H]1CC[C@H]2[C@@H]3CC=C4CC(OC(=O)CCC(=O)OCCN(Cc5ccc(C(=O)NOC6CCCCO6)cc5)Cc5ccc6ccccc6c5)CC[C@]4(C)[C@H]3CC[C@]12C. The van der Waals surface area contributed by atoms with E-state index in [1.807, 2.05) is 24.3 Å². The van der Waals surface area contributed by atoms with Gasteiger partial charge in [-0.15, -0.1) is 0 Å². The van der Waals surface area contributed by atoms with Crippen molar-refractivity contribution in [2.24, 2.45) is 46.3 Å². The van der Waals surface area contributed by atoms with Gasteiger partial charge in [0, 0.05) is 44.6 Å². The number of carbonyl (C=O) groups is 3. The molecule has 4 aliphatic carbocycles. The van der Waals surface area contributed by atoms with Gasteiger partial charge in [0.2, 0.25) is 0 Å². The van der Waals surface area contributed by atoms with Crippen LogP contribution in [-0.2, 0) is 41.7 Å². The molecule has 5 aliphatic rings. The first-order valence-corrected chi connectivity index (χ1v) is 25.8. The number of fused-ring (bicyclic) bond motifs is 6. The number of rotatable bonds is 19. The summed E-state index contributed by atoms with van der Waals surface area (Å²) in [5, 5.41) is 2.35. The van der Waals surface area contributed by atoms with Crippen molar-refractivity contribution in [1.82, 2.24) is 10.4 Å². The molecule has 358 valence electrons. The maximum absolute atomic E-state index is 13.2. The second-order valence-electron chi connectivity index (χ2n) is 21.8. The lowest BCUT2D eigenvalue weighted by molar-refractivity contribution is -0.186. The molecule has 3 saturated carbocycles. The number of ether oxygens (including phenoxy) is 3. The number of carbonyl (C=O) groups excluding carboxylic acids is 3. The number of allylic oxidation sites excluding steroid dienone is 1. The third-order valence-corrected chi connectivity index (χ3v) is 17.0. The Balaban J connectivity index is 0.798. The van der Waals surface area contributed by atoms with E-state index in [1.54, 1.807) is 12.1 Å². The van der Waals surface area contributed by atoms with Crippen molar-refractivity contribution in [3.8, 4) is 0 Å². The quantitative estimate of drug-likeness (QED) is 0.0721. The Kier molecular flexibility index (Phi) is 16.1. The summed E-state index contributed by atoms with van der Waals surface area (Å²) in [7, 11) is 0. The van der Waals surface area contributed by atoms with E-state index in [0.29, 0.717) is 37.2 Å². The third kappa shape index (κ3) is 11.6. The van der Waals surface area contributed by atoms with E-state index in [0.717, 1.165) is 85.2 Å². The average Bonchev–Trinajstić information content (AvgIpc) is 3.68. The van der Waals surface area contributed by atoms with Crippen LogP contribution in [0.1, 0.15) is 159 Å². The van der Waals surface area contributed by atoms with Crippen molar-refractivity contribution in [2.75, 3.05) is 19.8 Å². The lowest BCUT2D eigenvalue weighted by Crippen LogP contribution is -2.51. The minimum absolute atomic E-state index is 0.00198. The summed E-state index contributed by atoms with van der Waals surface area (Å²) in [5.41, 5.74) is 7.37. The molecule has 1 amide bonds. The van der Waals surface area contributed by atoms with Crippen molar-refractivity contribution in [3.05, 3.63) is 95.1 Å². The number of hydroxylamine groups is 1. The Labute approximate surface area is 395 Å². The summed E-state index contributed by atoms with van der Waals surface area (Å²) in [6.07, 6.45) is 18.3. The second kappa shape index (κ2) is 21.9. The van der Waals surface area contributed by atoms with Crippen LogP contribution in [0, 0.1) is 46.3 Å². The van der Waals surface area contributed by atoms with Crippen LogP contribution in [0.4, 0.5) is 0 Å². The van der Waals surface area contributed by atoms with E-state index in [2.05, 4.69) is 81.4 Å². The van der Waals surface area contributed by atoms with E-state index < -0.39 is 12.3 Å². The minimum Gasteiger partial charge on any atom is -0.464 e. The largest absolute Gasteiger partial charge is 0.464 e. The number of benzene rings is 3. The Morgan fingerprint density at radius 3 is 2.38 bits per heavy atom. The fraction of sp³-hybridized carbons (Fsp3) is 0.632. The monoisotopic (exact) mass is 903 g/mol. The summed E-state index contributed by atoms with van der Waals surface area (Å²) < 4.78 is 17.4. The molecular formula is C57H78N2O7. The maximum atomic E-state index is 13.2. The van der Waals surface area contributed by atoms with Gasteiger partial charge in [-0.2, -0.15) is 0 Å². The number of amides is 1. The zero-order valence-corrected chi connectivity index (χ0v) is 40.7. The Morgan fingerprint density at radius 2 is 1.59 bits per heavy atom. The highest BCUT2D eigenvalue weighted by molar-refractivity contribution is 5.93. The summed E-state index contributed by atoms with van der Waals surface area (Å²) >= 11 is 0. The standard InChI is InChI=1S/C57H78N2O7/c1-39(2)11-10-12-40(3)49-24-25-50-48-23-22-46-36-47(28-30-56(46,4)51(48)29-31-57(49,50)5)65-53(61)27-26-52(60)63-34-32-59(38-42-18-19-43-13-6-7-14-45(43)35-42)37-41-16-20-44(21-17-41)55(62)58-66-54-15-8-9-33-64-54/h6-7,13-14,16-22,35,39-40,47-51,54H,8-12,15,23-34,36-38H2,1-5H3,(H,58,62)/t40-,47?,48+,49-,50+,51+,54?,56+,57-/m1/s1. The number of nitrogens with one attached hydrogen (secondary N) is 1. The summed E-state index contributed by atoms with van der Waals surface area (Å²) in [4.78, 5) is 46.7. The fourth-order valence-electron chi connectivity index (χ4n) is 13.4. The van der Waals surface area contributed by atoms with E-state index >= 15 is 0 Å². The smallest absolute Gasteiger partial charge is 0.306 e. The maximum Gasteiger partial charge on any atom is 0.306 e. The molecule has 2 unspecified atom stereocenters. The fourth-order valence-corrected chi connectivity index (χ4v) is 13.4. The van der Waals surface area contributed by atoms with Gasteiger partial charge in [0.25, 0.3) is 5.91 Å². The molecule has 8 rings (SSSR count). The van der Waals surface area contributed by atoms with Crippen molar-refractivity contribution in [3.63, 3.8) is 0 Å². The Bertz CT molecular complexity index is 2150. The molecule has 9 nitrogen and oxygen atoms in total. The molecule has 66 heavy (non-hydrogen) atoms. The first-order chi connectivity index (χ1) is 31.9. The van der Waals surface area contributed by atoms with Gasteiger partial charge in [-0.25, -0.2) is 10.3 Å². The highest BCUT2D eigenvalue weighted by atomic mass is 16.8. The van der Waals surface area contributed by atoms with Crippen LogP contribution in [0.25, 0.3) is 10.8 Å².